The molecule has 7 heteroatoms. The van der Waals surface area contributed by atoms with Crippen LogP contribution < -0.4 is 4.74 Å². The molecule has 1 heterocycles. The molecule has 7 nitrogen and oxygen atoms in total. The van der Waals surface area contributed by atoms with Crippen molar-refractivity contribution in [3.8, 4) is 5.75 Å². The van der Waals surface area contributed by atoms with E-state index in [9.17, 15) is 14.4 Å². The predicted molar refractivity (Wildman–Crippen MR) is 145 cm³/mol. The molecular weight excluding hydrogens is 480 g/mol. The number of methoxy groups -OCH3 is 1. The van der Waals surface area contributed by atoms with Crippen LogP contribution in [0.5, 0.6) is 5.75 Å². The van der Waals surface area contributed by atoms with Crippen molar-refractivity contribution in [1.82, 2.24) is 9.80 Å². The quantitative estimate of drug-likeness (QED) is 0.380. The van der Waals surface area contributed by atoms with Gasteiger partial charge in [-0.25, -0.2) is 0 Å². The average molecular weight is 519 g/mol. The molecule has 0 saturated carbocycles. The molecule has 1 fully saturated rings. The van der Waals surface area contributed by atoms with Crippen molar-refractivity contribution in [2.45, 2.75) is 64.5 Å². The standard InChI is InChI=1S/C31H38N2O5/c1-37-31(36)22-32(21-24-16-18-27(19-17-24)38-23-25-9-3-2-4-10-25)29(34)14-7-15-30(35)33-20-8-12-26-11-5-6-13-28(26)33/h2-4,9-10,13,16-19,26H,5-8,11-12,14-15,20-23H2,1H3. The van der Waals surface area contributed by atoms with Gasteiger partial charge in [-0.05, 0) is 67.7 Å². The molecule has 1 atom stereocenters. The van der Waals surface area contributed by atoms with E-state index in [1.54, 1.807) is 0 Å². The summed E-state index contributed by atoms with van der Waals surface area (Å²) < 4.78 is 10.7. The summed E-state index contributed by atoms with van der Waals surface area (Å²) in [6.07, 6.45) is 8.82. The number of amides is 2. The first-order valence-corrected chi connectivity index (χ1v) is 13.6. The van der Waals surface area contributed by atoms with Crippen LogP contribution in [-0.4, -0.2) is 47.8 Å². The summed E-state index contributed by atoms with van der Waals surface area (Å²) in [6.45, 7) is 1.40. The highest BCUT2D eigenvalue weighted by Crippen LogP contribution is 2.35. The first kappa shape index (κ1) is 27.4. The molecule has 2 aromatic carbocycles. The topological polar surface area (TPSA) is 76.1 Å². The fourth-order valence-electron chi connectivity index (χ4n) is 5.23. The Morgan fingerprint density at radius 3 is 2.47 bits per heavy atom. The van der Waals surface area contributed by atoms with Crippen LogP contribution in [0.15, 0.2) is 66.4 Å². The van der Waals surface area contributed by atoms with Gasteiger partial charge >= 0.3 is 5.97 Å². The maximum Gasteiger partial charge on any atom is 0.325 e. The number of carbonyl (C=O) groups excluding carboxylic acids is 3. The van der Waals surface area contributed by atoms with Gasteiger partial charge in [0.05, 0.1) is 7.11 Å². The van der Waals surface area contributed by atoms with Gasteiger partial charge in [-0.15, -0.1) is 0 Å². The molecule has 1 aliphatic heterocycles. The minimum atomic E-state index is -0.471. The van der Waals surface area contributed by atoms with Crippen molar-refractivity contribution in [2.24, 2.45) is 5.92 Å². The molecular formula is C31H38N2O5. The van der Waals surface area contributed by atoms with E-state index in [2.05, 4.69) is 6.08 Å². The molecule has 2 amide bonds. The minimum absolute atomic E-state index is 0.0984. The summed E-state index contributed by atoms with van der Waals surface area (Å²) >= 11 is 0. The summed E-state index contributed by atoms with van der Waals surface area (Å²) in [4.78, 5) is 41.5. The minimum Gasteiger partial charge on any atom is -0.489 e. The van der Waals surface area contributed by atoms with Gasteiger partial charge in [0.2, 0.25) is 11.8 Å². The Hall–Kier alpha value is -3.61. The number of hydrogen-bond donors (Lipinski definition) is 0. The van der Waals surface area contributed by atoms with Gasteiger partial charge in [0, 0.05) is 31.6 Å². The van der Waals surface area contributed by atoms with Gasteiger partial charge in [0.15, 0.2) is 0 Å². The molecule has 4 rings (SSSR count). The van der Waals surface area contributed by atoms with Gasteiger partial charge < -0.3 is 19.3 Å². The van der Waals surface area contributed by atoms with E-state index in [4.69, 9.17) is 9.47 Å². The van der Waals surface area contributed by atoms with Crippen molar-refractivity contribution in [3.05, 3.63) is 77.5 Å². The molecule has 0 radical (unpaired) electrons. The zero-order valence-corrected chi connectivity index (χ0v) is 22.3. The largest absolute Gasteiger partial charge is 0.489 e. The van der Waals surface area contributed by atoms with Gasteiger partial charge in [-0.2, -0.15) is 0 Å². The number of allylic oxidation sites excluding steroid dienone is 2. The lowest BCUT2D eigenvalue weighted by Crippen LogP contribution is -2.39. The molecule has 1 saturated heterocycles. The Labute approximate surface area is 225 Å². The van der Waals surface area contributed by atoms with Crippen LogP contribution in [0.2, 0.25) is 0 Å². The average Bonchev–Trinajstić information content (AvgIpc) is 2.96. The van der Waals surface area contributed by atoms with E-state index in [-0.39, 0.29) is 31.3 Å². The second-order valence-electron chi connectivity index (χ2n) is 10.0. The monoisotopic (exact) mass is 518 g/mol. The van der Waals surface area contributed by atoms with E-state index in [1.165, 1.54) is 24.1 Å². The van der Waals surface area contributed by atoms with Crippen molar-refractivity contribution < 1.29 is 23.9 Å². The van der Waals surface area contributed by atoms with Crippen LogP contribution >= 0.6 is 0 Å². The van der Waals surface area contributed by atoms with Crippen LogP contribution in [0.25, 0.3) is 0 Å². The van der Waals surface area contributed by atoms with Crippen molar-refractivity contribution in [1.29, 1.82) is 0 Å². The number of nitrogens with zero attached hydrogens (tertiary/aromatic N) is 2. The van der Waals surface area contributed by atoms with E-state index in [0.29, 0.717) is 25.4 Å². The van der Waals surface area contributed by atoms with Crippen LogP contribution in [0.4, 0.5) is 0 Å². The first-order valence-electron chi connectivity index (χ1n) is 13.6. The normalized spacial score (nSPS) is 16.7. The smallest absolute Gasteiger partial charge is 0.325 e. The molecule has 1 unspecified atom stereocenters. The maximum atomic E-state index is 13.1. The number of likely N-dealkylation sites (tertiary alicyclic amines) is 1. The maximum absolute atomic E-state index is 13.1. The molecule has 0 aromatic heterocycles. The highest BCUT2D eigenvalue weighted by atomic mass is 16.5. The molecule has 38 heavy (non-hydrogen) atoms. The Bertz CT molecular complexity index is 1110. The Kier molecular flexibility index (Phi) is 9.96. The van der Waals surface area contributed by atoms with Gasteiger partial charge in [0.1, 0.15) is 18.9 Å². The number of piperidine rings is 1. The predicted octanol–water partition coefficient (Wildman–Crippen LogP) is 5.24. The second kappa shape index (κ2) is 13.8. The number of ether oxygens (including phenoxy) is 2. The Balaban J connectivity index is 1.29. The number of rotatable bonds is 11. The third kappa shape index (κ3) is 7.70. The third-order valence-corrected chi connectivity index (χ3v) is 7.30. The van der Waals surface area contributed by atoms with Gasteiger partial charge in [0.25, 0.3) is 0 Å². The molecule has 1 aliphatic carbocycles. The van der Waals surface area contributed by atoms with E-state index < -0.39 is 5.97 Å². The zero-order chi connectivity index (χ0) is 26.7. The fraction of sp³-hybridized carbons (Fsp3) is 0.452. The summed E-state index contributed by atoms with van der Waals surface area (Å²) in [5.41, 5.74) is 3.16. The zero-order valence-electron chi connectivity index (χ0n) is 22.3. The first-order chi connectivity index (χ1) is 18.5. The van der Waals surface area contributed by atoms with Gasteiger partial charge in [-0.1, -0.05) is 48.5 Å². The third-order valence-electron chi connectivity index (χ3n) is 7.30. The van der Waals surface area contributed by atoms with Crippen LogP contribution in [0, 0.1) is 5.92 Å². The molecule has 0 spiro atoms. The molecule has 0 N–H and O–H groups in total. The highest BCUT2D eigenvalue weighted by Gasteiger charge is 2.30. The summed E-state index contributed by atoms with van der Waals surface area (Å²) in [5, 5.41) is 0. The Morgan fingerprint density at radius 1 is 0.947 bits per heavy atom. The number of carbonyl (C=O) groups is 3. The fourth-order valence-corrected chi connectivity index (χ4v) is 5.23. The lowest BCUT2D eigenvalue weighted by molar-refractivity contribution is -0.147. The van der Waals surface area contributed by atoms with E-state index in [0.717, 1.165) is 49.1 Å². The van der Waals surface area contributed by atoms with Crippen molar-refractivity contribution in [2.75, 3.05) is 20.2 Å². The van der Waals surface area contributed by atoms with E-state index in [1.807, 2.05) is 59.5 Å². The number of esters is 1. The van der Waals surface area contributed by atoms with Crippen LogP contribution in [0.3, 0.4) is 0 Å². The molecule has 2 aliphatic rings. The molecule has 2 aromatic rings. The van der Waals surface area contributed by atoms with E-state index >= 15 is 0 Å². The number of benzene rings is 2. The summed E-state index contributed by atoms with van der Waals surface area (Å²) in [6, 6.07) is 17.5. The van der Waals surface area contributed by atoms with Crippen molar-refractivity contribution in [3.63, 3.8) is 0 Å². The SMILES string of the molecule is COC(=O)CN(Cc1ccc(OCc2ccccc2)cc1)C(=O)CCCC(=O)N1CCCC2CCCC=C21. The lowest BCUT2D eigenvalue weighted by Gasteiger charge is -2.38. The number of fused-ring (bicyclic) bond motifs is 1. The highest BCUT2D eigenvalue weighted by molar-refractivity contribution is 5.83. The van der Waals surface area contributed by atoms with Crippen LogP contribution in [0.1, 0.15) is 62.5 Å². The van der Waals surface area contributed by atoms with Crippen LogP contribution in [-0.2, 0) is 32.3 Å². The van der Waals surface area contributed by atoms with Gasteiger partial charge in [-0.3, -0.25) is 14.4 Å². The summed E-state index contributed by atoms with van der Waals surface area (Å²) in [7, 11) is 1.31. The van der Waals surface area contributed by atoms with Crippen molar-refractivity contribution >= 4 is 17.8 Å². The molecule has 202 valence electrons. The molecule has 0 bridgehead atoms. The Morgan fingerprint density at radius 2 is 1.71 bits per heavy atom. The number of hydrogen-bond acceptors (Lipinski definition) is 5. The summed E-state index contributed by atoms with van der Waals surface area (Å²) in [5.74, 6) is 0.701. The second-order valence-corrected chi connectivity index (χ2v) is 10.0. The lowest BCUT2D eigenvalue weighted by atomic mass is 9.85.